The maximum atomic E-state index is 12.2. The van der Waals surface area contributed by atoms with Crippen molar-refractivity contribution in [2.75, 3.05) is 19.7 Å². The smallest absolute Gasteiger partial charge is 0.260 e. The monoisotopic (exact) mass is 276 g/mol. The van der Waals surface area contributed by atoms with Crippen LogP contribution in [0.2, 0.25) is 0 Å². The largest absolute Gasteiger partial charge is 0.483 e. The van der Waals surface area contributed by atoms with Gasteiger partial charge in [-0.3, -0.25) is 4.79 Å². The summed E-state index contributed by atoms with van der Waals surface area (Å²) in [4.78, 5) is 14.1. The molecule has 1 saturated heterocycles. The van der Waals surface area contributed by atoms with Gasteiger partial charge in [-0.1, -0.05) is 25.1 Å². The lowest BCUT2D eigenvalue weighted by Gasteiger charge is -2.36. The molecule has 0 bridgehead atoms. The number of carbonyl (C=O) groups excluding carboxylic acids is 1. The van der Waals surface area contributed by atoms with Gasteiger partial charge < -0.3 is 15.0 Å². The third-order valence-corrected chi connectivity index (χ3v) is 3.61. The third-order valence-electron chi connectivity index (χ3n) is 3.61. The maximum Gasteiger partial charge on any atom is 0.260 e. The van der Waals surface area contributed by atoms with Gasteiger partial charge in [0.2, 0.25) is 0 Å². The van der Waals surface area contributed by atoms with E-state index in [4.69, 9.17) is 4.74 Å². The van der Waals surface area contributed by atoms with Crippen LogP contribution < -0.4 is 10.1 Å². The second-order valence-corrected chi connectivity index (χ2v) is 5.52. The lowest BCUT2D eigenvalue weighted by atomic mass is 10.1. The van der Waals surface area contributed by atoms with E-state index in [2.05, 4.69) is 26.1 Å². The molecule has 0 aliphatic carbocycles. The Labute approximate surface area is 121 Å². The summed E-state index contributed by atoms with van der Waals surface area (Å²) >= 11 is 0. The SMILES string of the molecule is CCc1ccccc1OCC(=O)N1C[C@@H](C)N[C@H](C)C1. The van der Waals surface area contributed by atoms with Crippen LogP contribution in [-0.4, -0.2) is 42.6 Å². The minimum Gasteiger partial charge on any atom is -0.483 e. The van der Waals surface area contributed by atoms with Gasteiger partial charge in [0.05, 0.1) is 0 Å². The van der Waals surface area contributed by atoms with E-state index < -0.39 is 0 Å². The average molecular weight is 276 g/mol. The second kappa shape index (κ2) is 6.75. The van der Waals surface area contributed by atoms with Crippen molar-refractivity contribution < 1.29 is 9.53 Å². The fraction of sp³-hybridized carbons (Fsp3) is 0.562. The molecule has 1 aromatic carbocycles. The molecule has 2 atom stereocenters. The van der Waals surface area contributed by atoms with E-state index in [1.807, 2.05) is 29.2 Å². The number of benzene rings is 1. The highest BCUT2D eigenvalue weighted by atomic mass is 16.5. The van der Waals surface area contributed by atoms with Crippen molar-refractivity contribution >= 4 is 5.91 Å². The van der Waals surface area contributed by atoms with Crippen LogP contribution in [0.5, 0.6) is 5.75 Å². The fourth-order valence-electron chi connectivity index (χ4n) is 2.70. The zero-order chi connectivity index (χ0) is 14.5. The highest BCUT2D eigenvalue weighted by Gasteiger charge is 2.24. The summed E-state index contributed by atoms with van der Waals surface area (Å²) in [6.45, 7) is 7.91. The Morgan fingerprint density at radius 2 is 1.95 bits per heavy atom. The Kier molecular flexibility index (Phi) is 5.01. The van der Waals surface area contributed by atoms with Crippen LogP contribution in [0.25, 0.3) is 0 Å². The molecule has 0 saturated carbocycles. The van der Waals surface area contributed by atoms with Crippen molar-refractivity contribution in [2.24, 2.45) is 0 Å². The number of ether oxygens (including phenoxy) is 1. The standard InChI is InChI=1S/C16H24N2O2/c1-4-14-7-5-6-8-15(14)20-11-16(19)18-9-12(2)17-13(3)10-18/h5-8,12-13,17H,4,9-11H2,1-3H3/t12-,13-/m1/s1. The van der Waals surface area contributed by atoms with Crippen LogP contribution in [0.3, 0.4) is 0 Å². The topological polar surface area (TPSA) is 41.6 Å². The molecule has 0 aromatic heterocycles. The van der Waals surface area contributed by atoms with Crippen molar-refractivity contribution in [3.63, 3.8) is 0 Å². The van der Waals surface area contributed by atoms with Crippen molar-refractivity contribution in [1.29, 1.82) is 0 Å². The first-order valence-electron chi connectivity index (χ1n) is 7.34. The first-order chi connectivity index (χ1) is 9.60. The van der Waals surface area contributed by atoms with Gasteiger partial charge in [-0.15, -0.1) is 0 Å². The van der Waals surface area contributed by atoms with Gasteiger partial charge in [-0.2, -0.15) is 0 Å². The van der Waals surface area contributed by atoms with E-state index in [0.29, 0.717) is 12.1 Å². The van der Waals surface area contributed by atoms with Crippen LogP contribution in [-0.2, 0) is 11.2 Å². The summed E-state index contributed by atoms with van der Waals surface area (Å²) in [5.41, 5.74) is 1.14. The molecule has 1 N–H and O–H groups in total. The Hall–Kier alpha value is -1.55. The Balaban J connectivity index is 1.91. The molecule has 0 spiro atoms. The van der Waals surface area contributed by atoms with Gasteiger partial charge in [-0.05, 0) is 31.9 Å². The number of hydrogen-bond acceptors (Lipinski definition) is 3. The van der Waals surface area contributed by atoms with Crippen LogP contribution >= 0.6 is 0 Å². The molecule has 4 heteroatoms. The number of piperazine rings is 1. The minimum atomic E-state index is 0.0658. The number of nitrogens with one attached hydrogen (secondary N) is 1. The van der Waals surface area contributed by atoms with Crippen molar-refractivity contribution in [3.05, 3.63) is 29.8 Å². The van der Waals surface area contributed by atoms with Crippen LogP contribution in [0, 0.1) is 0 Å². The zero-order valence-corrected chi connectivity index (χ0v) is 12.6. The van der Waals surface area contributed by atoms with E-state index in [1.54, 1.807) is 0 Å². The van der Waals surface area contributed by atoms with Crippen molar-refractivity contribution in [1.82, 2.24) is 10.2 Å². The molecule has 1 fully saturated rings. The Morgan fingerprint density at radius 1 is 1.30 bits per heavy atom. The molecule has 20 heavy (non-hydrogen) atoms. The predicted octanol–water partition coefficient (Wildman–Crippen LogP) is 1.84. The van der Waals surface area contributed by atoms with Gasteiger partial charge in [0, 0.05) is 25.2 Å². The van der Waals surface area contributed by atoms with Crippen LogP contribution in [0.15, 0.2) is 24.3 Å². The van der Waals surface area contributed by atoms with Crippen LogP contribution in [0.1, 0.15) is 26.3 Å². The van der Waals surface area contributed by atoms with Crippen molar-refractivity contribution in [3.8, 4) is 5.75 Å². The molecule has 1 amide bonds. The zero-order valence-electron chi connectivity index (χ0n) is 12.6. The summed E-state index contributed by atoms with van der Waals surface area (Å²) in [5, 5.41) is 3.42. The van der Waals surface area contributed by atoms with Crippen molar-refractivity contribution in [2.45, 2.75) is 39.3 Å². The van der Waals surface area contributed by atoms with Gasteiger partial charge in [0.1, 0.15) is 5.75 Å². The fourth-order valence-corrected chi connectivity index (χ4v) is 2.70. The number of rotatable bonds is 4. The second-order valence-electron chi connectivity index (χ2n) is 5.52. The highest BCUT2D eigenvalue weighted by Crippen LogP contribution is 2.18. The predicted molar refractivity (Wildman–Crippen MR) is 80.0 cm³/mol. The number of para-hydroxylation sites is 1. The van der Waals surface area contributed by atoms with E-state index in [0.717, 1.165) is 30.8 Å². The summed E-state index contributed by atoms with van der Waals surface area (Å²) in [6, 6.07) is 8.57. The van der Waals surface area contributed by atoms with Gasteiger partial charge in [0.15, 0.2) is 6.61 Å². The number of nitrogens with zero attached hydrogens (tertiary/aromatic N) is 1. The van der Waals surface area contributed by atoms with Crippen LogP contribution in [0.4, 0.5) is 0 Å². The first kappa shape index (κ1) is 14.9. The van der Waals surface area contributed by atoms with E-state index in [-0.39, 0.29) is 12.5 Å². The maximum absolute atomic E-state index is 12.2. The van der Waals surface area contributed by atoms with E-state index in [9.17, 15) is 4.79 Å². The molecule has 1 aromatic rings. The molecule has 0 radical (unpaired) electrons. The third kappa shape index (κ3) is 3.73. The van der Waals surface area contributed by atoms with Gasteiger partial charge in [0.25, 0.3) is 5.91 Å². The first-order valence-corrected chi connectivity index (χ1v) is 7.34. The minimum absolute atomic E-state index is 0.0658. The van der Waals surface area contributed by atoms with E-state index >= 15 is 0 Å². The molecule has 110 valence electrons. The summed E-state index contributed by atoms with van der Waals surface area (Å²) in [7, 11) is 0. The lowest BCUT2D eigenvalue weighted by Crippen LogP contribution is -2.56. The quantitative estimate of drug-likeness (QED) is 0.912. The molecule has 2 rings (SSSR count). The molecule has 1 heterocycles. The molecular weight excluding hydrogens is 252 g/mol. The normalized spacial score (nSPS) is 22.6. The Bertz CT molecular complexity index is 452. The number of hydrogen-bond donors (Lipinski definition) is 1. The number of aryl methyl sites for hydroxylation is 1. The molecule has 4 nitrogen and oxygen atoms in total. The summed E-state index contributed by atoms with van der Waals surface area (Å²) in [5.74, 6) is 0.885. The number of amides is 1. The van der Waals surface area contributed by atoms with E-state index in [1.165, 1.54) is 0 Å². The average Bonchev–Trinajstić information content (AvgIpc) is 2.44. The van der Waals surface area contributed by atoms with Gasteiger partial charge >= 0.3 is 0 Å². The summed E-state index contributed by atoms with van der Waals surface area (Å²) < 4.78 is 5.70. The lowest BCUT2D eigenvalue weighted by molar-refractivity contribution is -0.135. The molecule has 1 aliphatic heterocycles. The van der Waals surface area contributed by atoms with Gasteiger partial charge in [-0.25, -0.2) is 0 Å². The Morgan fingerprint density at radius 3 is 2.60 bits per heavy atom. The molecular formula is C16H24N2O2. The number of carbonyl (C=O) groups is 1. The molecule has 0 unspecified atom stereocenters. The molecule has 1 aliphatic rings. The summed E-state index contributed by atoms with van der Waals surface area (Å²) in [6.07, 6.45) is 0.909. The highest BCUT2D eigenvalue weighted by molar-refractivity contribution is 5.78.